The van der Waals surface area contributed by atoms with E-state index in [0.29, 0.717) is 5.56 Å². The van der Waals surface area contributed by atoms with E-state index >= 15 is 0 Å². The summed E-state index contributed by atoms with van der Waals surface area (Å²) in [5, 5.41) is 28.7. The first-order valence-electron chi connectivity index (χ1n) is 7.03. The Morgan fingerprint density at radius 1 is 1.29 bits per heavy atom. The molecule has 0 atom stereocenters. The quantitative estimate of drug-likeness (QED) is 0.474. The molecule has 2 rings (SSSR count). The number of hydrazone groups is 1. The number of hydrogen-bond donors (Lipinski definition) is 2. The molecule has 0 radical (unpaired) electrons. The lowest BCUT2D eigenvalue weighted by Gasteiger charge is -2.07. The van der Waals surface area contributed by atoms with Gasteiger partial charge in [-0.05, 0) is 42.0 Å². The first kappa shape index (κ1) is 16.9. The Bertz CT molecular complexity index is 789. The zero-order chi connectivity index (χ0) is 17.5. The summed E-state index contributed by atoms with van der Waals surface area (Å²) in [4.78, 5) is 21.5. The highest BCUT2D eigenvalue weighted by Gasteiger charge is 2.06. The van der Waals surface area contributed by atoms with Crippen LogP contribution in [0.5, 0.6) is 5.75 Å². The minimum atomic E-state index is -0.748. The van der Waals surface area contributed by atoms with Crippen LogP contribution in [0.4, 0.5) is 11.4 Å². The zero-order valence-corrected chi connectivity index (χ0v) is 12.9. The third kappa shape index (κ3) is 4.80. The molecule has 0 bridgehead atoms. The minimum absolute atomic E-state index is 0.0356. The molecule has 124 valence electrons. The average molecular weight is 327 g/mol. The fraction of sp³-hybridized carbons (Fsp3) is 0.125. The van der Waals surface area contributed by atoms with Crippen molar-refractivity contribution in [3.05, 3.63) is 63.7 Å². The van der Waals surface area contributed by atoms with Gasteiger partial charge in [-0.3, -0.25) is 14.9 Å². The van der Waals surface area contributed by atoms with Gasteiger partial charge in [0.1, 0.15) is 0 Å². The number of carbonyl (C=O) groups excluding carboxylic acids is 1. The lowest BCUT2D eigenvalue weighted by atomic mass is 10.2. The van der Waals surface area contributed by atoms with Crippen LogP contribution in [0.3, 0.4) is 0 Å². The van der Waals surface area contributed by atoms with E-state index < -0.39 is 16.4 Å². The molecule has 0 spiro atoms. The lowest BCUT2D eigenvalue weighted by molar-refractivity contribution is -0.398. The Hall–Kier alpha value is -3.42. The van der Waals surface area contributed by atoms with Crippen LogP contribution in [0.25, 0.3) is 0 Å². The van der Waals surface area contributed by atoms with Gasteiger partial charge in [0.15, 0.2) is 0 Å². The van der Waals surface area contributed by atoms with Crippen LogP contribution in [0.2, 0.25) is 0 Å². The molecule has 0 fully saturated rings. The third-order valence-electron chi connectivity index (χ3n) is 3.05. The Kier molecular flexibility index (Phi) is 5.45. The van der Waals surface area contributed by atoms with Gasteiger partial charge in [0.05, 0.1) is 17.7 Å². The summed E-state index contributed by atoms with van der Waals surface area (Å²) in [5.74, 6) is -1.08. The van der Waals surface area contributed by atoms with Crippen molar-refractivity contribution in [1.29, 1.82) is 0 Å². The molecule has 1 amide bonds. The van der Waals surface area contributed by atoms with Gasteiger partial charge in [-0.25, -0.2) is 5.43 Å². The molecule has 0 aliphatic heterocycles. The summed E-state index contributed by atoms with van der Waals surface area (Å²) in [7, 11) is 0. The van der Waals surface area contributed by atoms with Crippen molar-refractivity contribution in [3.63, 3.8) is 0 Å². The molecule has 8 heteroatoms. The van der Waals surface area contributed by atoms with Gasteiger partial charge in [-0.2, -0.15) is 5.10 Å². The number of benzene rings is 2. The monoisotopic (exact) mass is 327 g/mol. The number of nitrogens with one attached hydrogen (secondary N) is 2. The fourth-order valence-electron chi connectivity index (χ4n) is 1.92. The van der Waals surface area contributed by atoms with Crippen molar-refractivity contribution < 1.29 is 14.8 Å². The van der Waals surface area contributed by atoms with Crippen molar-refractivity contribution in [2.24, 2.45) is 5.10 Å². The van der Waals surface area contributed by atoms with E-state index in [-0.39, 0.29) is 12.5 Å². The predicted octanol–water partition coefficient (Wildman–Crippen LogP) is 1.54. The van der Waals surface area contributed by atoms with E-state index in [4.69, 9.17) is 0 Å². The molecule has 0 unspecified atom stereocenters. The molecule has 2 aromatic carbocycles. The second kappa shape index (κ2) is 7.73. The first-order valence-corrected chi connectivity index (χ1v) is 7.03. The second-order valence-corrected chi connectivity index (χ2v) is 5.00. The number of nitro groups is 1. The van der Waals surface area contributed by atoms with Crippen LogP contribution in [0.15, 0.2) is 47.6 Å². The molecular formula is C16H15N4O4-. The van der Waals surface area contributed by atoms with E-state index in [1.54, 1.807) is 0 Å². The van der Waals surface area contributed by atoms with Crippen LogP contribution >= 0.6 is 0 Å². The number of nitrogens with zero attached hydrogens (tertiary/aromatic N) is 2. The van der Waals surface area contributed by atoms with E-state index in [1.807, 2.05) is 31.2 Å². The summed E-state index contributed by atoms with van der Waals surface area (Å²) in [5.41, 5.74) is 4.06. The number of anilines is 1. The van der Waals surface area contributed by atoms with E-state index in [1.165, 1.54) is 12.3 Å². The van der Waals surface area contributed by atoms with Crippen molar-refractivity contribution in [1.82, 2.24) is 5.43 Å². The molecule has 0 saturated carbocycles. The van der Waals surface area contributed by atoms with Crippen molar-refractivity contribution in [3.8, 4) is 5.75 Å². The standard InChI is InChI=1S/C16H16N4O4/c1-11-3-2-4-13(7-11)17-10-16(22)19-18-9-12-5-6-14(20(23)24)15(21)8-12/h2-9,17,21H,10H2,1H3,(H,19,22)/p-1. The highest BCUT2D eigenvalue weighted by atomic mass is 16.6. The Labute approximate surface area is 138 Å². The normalized spacial score (nSPS) is 10.5. The van der Waals surface area contributed by atoms with Crippen molar-refractivity contribution in [2.75, 3.05) is 11.9 Å². The number of rotatable bonds is 6. The largest absolute Gasteiger partial charge is 0.868 e. The Balaban J connectivity index is 1.86. The number of amides is 1. The predicted molar refractivity (Wildman–Crippen MR) is 87.9 cm³/mol. The van der Waals surface area contributed by atoms with Gasteiger partial charge in [0, 0.05) is 11.8 Å². The number of aryl methyl sites for hydroxylation is 1. The summed E-state index contributed by atoms with van der Waals surface area (Å²) < 4.78 is 0. The highest BCUT2D eigenvalue weighted by molar-refractivity contribution is 5.85. The van der Waals surface area contributed by atoms with E-state index in [9.17, 15) is 20.0 Å². The van der Waals surface area contributed by atoms with Crippen molar-refractivity contribution in [2.45, 2.75) is 6.92 Å². The Morgan fingerprint density at radius 2 is 2.08 bits per heavy atom. The van der Waals surface area contributed by atoms with Crippen LogP contribution in [-0.2, 0) is 4.79 Å². The molecule has 8 nitrogen and oxygen atoms in total. The topological polar surface area (TPSA) is 120 Å². The maximum absolute atomic E-state index is 11.7. The summed E-state index contributed by atoms with van der Waals surface area (Å²) in [6, 6.07) is 11.1. The lowest BCUT2D eigenvalue weighted by Crippen LogP contribution is -2.25. The molecule has 2 N–H and O–H groups in total. The second-order valence-electron chi connectivity index (χ2n) is 5.00. The molecule has 0 saturated heterocycles. The van der Waals surface area contributed by atoms with Crippen LogP contribution in [-0.4, -0.2) is 23.6 Å². The molecule has 0 heterocycles. The van der Waals surface area contributed by atoms with Gasteiger partial charge in [-0.15, -0.1) is 0 Å². The summed E-state index contributed by atoms with van der Waals surface area (Å²) in [6.45, 7) is 1.98. The van der Waals surface area contributed by atoms with Gasteiger partial charge in [0.2, 0.25) is 0 Å². The number of hydrogen-bond acceptors (Lipinski definition) is 6. The minimum Gasteiger partial charge on any atom is -0.868 e. The van der Waals surface area contributed by atoms with E-state index in [0.717, 1.165) is 23.4 Å². The van der Waals surface area contributed by atoms with Crippen molar-refractivity contribution >= 4 is 23.5 Å². The molecule has 0 aromatic heterocycles. The third-order valence-corrected chi connectivity index (χ3v) is 3.05. The highest BCUT2D eigenvalue weighted by Crippen LogP contribution is 2.22. The first-order chi connectivity index (χ1) is 11.5. The molecule has 0 aliphatic carbocycles. The van der Waals surface area contributed by atoms with Gasteiger partial charge in [0.25, 0.3) is 11.6 Å². The van der Waals surface area contributed by atoms with Gasteiger partial charge >= 0.3 is 0 Å². The van der Waals surface area contributed by atoms with Crippen LogP contribution < -0.4 is 15.8 Å². The van der Waals surface area contributed by atoms with Crippen LogP contribution in [0.1, 0.15) is 11.1 Å². The smallest absolute Gasteiger partial charge is 0.261 e. The summed E-state index contributed by atoms with van der Waals surface area (Å²) in [6.07, 6.45) is 1.25. The van der Waals surface area contributed by atoms with Gasteiger partial charge in [-0.1, -0.05) is 18.2 Å². The van der Waals surface area contributed by atoms with Crippen LogP contribution in [0, 0.1) is 17.0 Å². The maximum Gasteiger partial charge on any atom is 0.261 e. The van der Waals surface area contributed by atoms with Gasteiger partial charge < -0.3 is 10.4 Å². The maximum atomic E-state index is 11.7. The SMILES string of the molecule is Cc1cccc(NCC(=O)NN=Cc2ccc([N+](=O)[O-])c([O-])c2)c1. The fourth-order valence-corrected chi connectivity index (χ4v) is 1.92. The number of nitro benzene ring substituents is 1. The average Bonchev–Trinajstić information content (AvgIpc) is 2.53. The zero-order valence-electron chi connectivity index (χ0n) is 12.9. The molecule has 0 aliphatic rings. The number of carbonyl (C=O) groups is 1. The Morgan fingerprint density at radius 3 is 2.75 bits per heavy atom. The summed E-state index contributed by atoms with van der Waals surface area (Å²) >= 11 is 0. The molecular weight excluding hydrogens is 312 g/mol. The molecule has 2 aromatic rings. The van der Waals surface area contributed by atoms with E-state index in [2.05, 4.69) is 15.8 Å². The molecule has 24 heavy (non-hydrogen) atoms.